The smallest absolute Gasteiger partial charge is 0.374 e. The molecule has 5 nitrogen and oxygen atoms in total. The van der Waals surface area contributed by atoms with E-state index in [1.54, 1.807) is 24.3 Å². The zero-order chi connectivity index (χ0) is 18.4. The van der Waals surface area contributed by atoms with Crippen LogP contribution in [0.2, 0.25) is 0 Å². The minimum absolute atomic E-state index is 0.0351. The van der Waals surface area contributed by atoms with Crippen molar-refractivity contribution in [1.29, 1.82) is 0 Å². The average molecular weight is 364 g/mol. The number of esters is 1. The van der Waals surface area contributed by atoms with Crippen molar-refractivity contribution in [3.63, 3.8) is 0 Å². The number of hydrogen-bond donors (Lipinski definition) is 0. The first-order valence-corrected chi connectivity index (χ1v) is 10.5. The zero-order valence-electron chi connectivity index (χ0n) is 15.0. The normalized spacial score (nSPS) is 25.0. The quantitative estimate of drug-likeness (QED) is 0.724. The van der Waals surface area contributed by atoms with Crippen LogP contribution in [0, 0.1) is 5.92 Å². The number of benzene rings is 1. The van der Waals surface area contributed by atoms with Gasteiger partial charge in [0.25, 0.3) is 0 Å². The molecule has 0 saturated heterocycles. The molecule has 0 N–H and O–H groups in total. The largest absolute Gasteiger partial charge is 0.483 e. The summed E-state index contributed by atoms with van der Waals surface area (Å²) in [6, 6.07) is 6.54. The van der Waals surface area contributed by atoms with Crippen molar-refractivity contribution < 1.29 is 22.7 Å². The Labute approximate surface area is 148 Å². The van der Waals surface area contributed by atoms with E-state index in [1.807, 2.05) is 20.8 Å². The van der Waals surface area contributed by atoms with Crippen LogP contribution >= 0.6 is 0 Å². The maximum atomic E-state index is 12.4. The minimum atomic E-state index is -3.27. The fourth-order valence-electron chi connectivity index (χ4n) is 3.15. The Bertz CT molecular complexity index is 818. The number of rotatable bonds is 6. The first kappa shape index (κ1) is 18.0. The molecular weight excluding hydrogens is 340 g/mol. The molecule has 6 heteroatoms. The number of cyclic esters (lactones) is 1. The van der Waals surface area contributed by atoms with Crippen molar-refractivity contribution in [2.45, 2.75) is 56.6 Å². The third kappa shape index (κ3) is 3.45. The Hall–Kier alpha value is -1.82. The highest BCUT2D eigenvalue weighted by atomic mass is 32.2. The van der Waals surface area contributed by atoms with E-state index in [0.717, 1.165) is 18.4 Å². The lowest BCUT2D eigenvalue weighted by Crippen LogP contribution is -2.26. The van der Waals surface area contributed by atoms with Crippen LogP contribution in [0.5, 0.6) is 0 Å². The molecule has 1 aromatic carbocycles. The summed E-state index contributed by atoms with van der Waals surface area (Å²) in [4.78, 5) is 12.7. The molecule has 1 aliphatic carbocycles. The van der Waals surface area contributed by atoms with Crippen molar-refractivity contribution in [2.24, 2.45) is 5.92 Å². The summed E-state index contributed by atoms with van der Waals surface area (Å²) >= 11 is 0. The number of hydrogen-bond acceptors (Lipinski definition) is 5. The van der Waals surface area contributed by atoms with Crippen LogP contribution in [-0.2, 0) is 24.1 Å². The second-order valence-corrected chi connectivity index (χ2v) is 9.15. The van der Waals surface area contributed by atoms with Crippen molar-refractivity contribution in [2.75, 3.05) is 6.26 Å². The minimum Gasteiger partial charge on any atom is -0.483 e. The summed E-state index contributed by atoms with van der Waals surface area (Å²) in [6.45, 7) is 5.79. The van der Waals surface area contributed by atoms with Gasteiger partial charge in [0.15, 0.2) is 9.84 Å². The third-order valence-corrected chi connectivity index (χ3v) is 6.22. The van der Waals surface area contributed by atoms with Gasteiger partial charge in [-0.25, -0.2) is 13.2 Å². The summed E-state index contributed by atoms with van der Waals surface area (Å²) in [5.41, 5.74) is 0.676. The highest BCUT2D eigenvalue weighted by molar-refractivity contribution is 7.90. The van der Waals surface area contributed by atoms with E-state index in [-0.39, 0.29) is 16.8 Å². The van der Waals surface area contributed by atoms with Crippen LogP contribution in [-0.4, -0.2) is 32.3 Å². The van der Waals surface area contributed by atoms with Gasteiger partial charge in [-0.1, -0.05) is 19.1 Å². The van der Waals surface area contributed by atoms with Crippen LogP contribution in [0.25, 0.3) is 5.57 Å². The lowest BCUT2D eigenvalue weighted by atomic mass is 9.88. The molecule has 136 valence electrons. The van der Waals surface area contributed by atoms with Gasteiger partial charge in [-0.15, -0.1) is 0 Å². The van der Waals surface area contributed by atoms with Gasteiger partial charge in [0, 0.05) is 6.26 Å². The molecule has 25 heavy (non-hydrogen) atoms. The molecule has 0 bridgehead atoms. The predicted molar refractivity (Wildman–Crippen MR) is 94.5 cm³/mol. The van der Waals surface area contributed by atoms with E-state index in [4.69, 9.17) is 9.47 Å². The number of carbonyl (C=O) groups is 1. The van der Waals surface area contributed by atoms with E-state index < -0.39 is 21.4 Å². The van der Waals surface area contributed by atoms with E-state index >= 15 is 0 Å². The summed E-state index contributed by atoms with van der Waals surface area (Å²) in [6.07, 6.45) is 3.98. The molecule has 0 spiro atoms. The standard InChI is InChI=1S/C19H24O5S/c1-5-19(3)16(14-8-10-15(11-9-14)25(4,21)22)17(18(20)24-19)23-12(2)13-6-7-13/h8-13H,5-7H2,1-4H3. The second-order valence-electron chi connectivity index (χ2n) is 7.13. The Kier molecular flexibility index (Phi) is 4.43. The topological polar surface area (TPSA) is 69.7 Å². The SMILES string of the molecule is CCC1(C)OC(=O)C(OC(C)C2CC2)=C1c1ccc(S(C)(=O)=O)cc1. The molecule has 0 amide bonds. The molecule has 1 aliphatic heterocycles. The van der Waals surface area contributed by atoms with Crippen molar-refractivity contribution in [3.8, 4) is 0 Å². The second kappa shape index (κ2) is 6.16. The molecule has 1 heterocycles. The maximum absolute atomic E-state index is 12.4. The van der Waals surface area contributed by atoms with E-state index in [1.165, 1.54) is 6.26 Å². The Balaban J connectivity index is 2.04. The van der Waals surface area contributed by atoms with E-state index in [0.29, 0.717) is 17.9 Å². The van der Waals surface area contributed by atoms with Gasteiger partial charge in [0.2, 0.25) is 5.76 Å². The van der Waals surface area contributed by atoms with Gasteiger partial charge in [0.05, 0.1) is 16.6 Å². The van der Waals surface area contributed by atoms with Crippen molar-refractivity contribution >= 4 is 21.4 Å². The lowest BCUT2D eigenvalue weighted by molar-refractivity contribution is -0.149. The van der Waals surface area contributed by atoms with Crippen LogP contribution in [0.3, 0.4) is 0 Å². The Morgan fingerprint density at radius 2 is 1.88 bits per heavy atom. The Morgan fingerprint density at radius 1 is 1.28 bits per heavy atom. The van der Waals surface area contributed by atoms with Gasteiger partial charge < -0.3 is 9.47 Å². The fraction of sp³-hybridized carbons (Fsp3) is 0.526. The third-order valence-electron chi connectivity index (χ3n) is 5.09. The van der Waals surface area contributed by atoms with Gasteiger partial charge >= 0.3 is 5.97 Å². The molecule has 1 fully saturated rings. The molecular formula is C19H24O5S. The van der Waals surface area contributed by atoms with Crippen molar-refractivity contribution in [1.82, 2.24) is 0 Å². The maximum Gasteiger partial charge on any atom is 0.374 e. The molecule has 2 unspecified atom stereocenters. The van der Waals surface area contributed by atoms with Crippen molar-refractivity contribution in [3.05, 3.63) is 35.6 Å². The molecule has 0 aromatic heterocycles. The Morgan fingerprint density at radius 3 is 2.36 bits per heavy atom. The van der Waals surface area contributed by atoms with Crippen LogP contribution in [0.4, 0.5) is 0 Å². The first-order valence-electron chi connectivity index (χ1n) is 8.61. The van der Waals surface area contributed by atoms with E-state index in [2.05, 4.69) is 0 Å². The van der Waals surface area contributed by atoms with Gasteiger partial charge in [-0.3, -0.25) is 0 Å². The molecule has 2 aliphatic rings. The summed E-state index contributed by atoms with van der Waals surface area (Å²) in [7, 11) is -3.27. The molecule has 3 rings (SSSR count). The predicted octanol–water partition coefficient (Wildman–Crippen LogP) is 3.34. The summed E-state index contributed by atoms with van der Waals surface area (Å²) < 4.78 is 35.0. The highest BCUT2D eigenvalue weighted by Gasteiger charge is 2.46. The number of ether oxygens (including phenoxy) is 2. The monoisotopic (exact) mass is 364 g/mol. The van der Waals surface area contributed by atoms with Crippen LogP contribution in [0.15, 0.2) is 34.9 Å². The van der Waals surface area contributed by atoms with Crippen LogP contribution in [0.1, 0.15) is 45.6 Å². The lowest BCUT2D eigenvalue weighted by Gasteiger charge is -2.25. The van der Waals surface area contributed by atoms with E-state index in [9.17, 15) is 13.2 Å². The molecule has 0 radical (unpaired) electrons. The fourth-order valence-corrected chi connectivity index (χ4v) is 3.78. The number of carbonyl (C=O) groups excluding carboxylic acids is 1. The molecule has 2 atom stereocenters. The van der Waals surface area contributed by atoms with Gasteiger partial charge in [-0.2, -0.15) is 0 Å². The van der Waals surface area contributed by atoms with Gasteiger partial charge in [0.1, 0.15) is 5.60 Å². The summed E-state index contributed by atoms with van der Waals surface area (Å²) in [5, 5.41) is 0. The highest BCUT2D eigenvalue weighted by Crippen LogP contribution is 2.44. The van der Waals surface area contributed by atoms with Crippen LogP contribution < -0.4 is 0 Å². The average Bonchev–Trinajstić information content (AvgIpc) is 3.35. The number of sulfone groups is 1. The van der Waals surface area contributed by atoms with Gasteiger partial charge in [-0.05, 0) is 56.7 Å². The first-order chi connectivity index (χ1) is 11.7. The zero-order valence-corrected chi connectivity index (χ0v) is 15.9. The summed E-state index contributed by atoms with van der Waals surface area (Å²) in [5.74, 6) is 0.303. The molecule has 1 saturated carbocycles. The molecule has 1 aromatic rings.